The summed E-state index contributed by atoms with van der Waals surface area (Å²) in [5.74, 6) is -0.505. The van der Waals surface area contributed by atoms with Gasteiger partial charge in [0.1, 0.15) is 6.29 Å². The number of primary amides is 1. The molecule has 4 heteroatoms. The lowest BCUT2D eigenvalue weighted by Gasteiger charge is -2.22. The Morgan fingerprint density at radius 3 is 1.76 bits per heavy atom. The molecule has 0 heterocycles. The summed E-state index contributed by atoms with van der Waals surface area (Å²) in [6, 6.07) is -0.575. The Hall–Kier alpha value is -1.29. The van der Waals surface area contributed by atoms with Crippen molar-refractivity contribution in [2.45, 2.75) is 57.4 Å². The Bertz CT molecular complexity index is 199. The van der Waals surface area contributed by atoms with Gasteiger partial charge in [0.25, 0.3) is 0 Å². The predicted octanol–water partition coefficient (Wildman–Crippen LogP) is 3.68. The van der Waals surface area contributed by atoms with E-state index in [-0.39, 0.29) is 6.42 Å². The van der Waals surface area contributed by atoms with Crippen LogP contribution in [0.4, 0.5) is 0 Å². The van der Waals surface area contributed by atoms with Gasteiger partial charge in [0.2, 0.25) is 5.91 Å². The van der Waals surface area contributed by atoms with E-state index in [0.717, 1.165) is 25.7 Å². The van der Waals surface area contributed by atoms with Crippen LogP contribution in [0.5, 0.6) is 0 Å². The molecular formula is C17H32N2O2. The summed E-state index contributed by atoms with van der Waals surface area (Å²) in [6.07, 6.45) is 7.72. The molecule has 0 rings (SSSR count). The number of nitrogens with zero attached hydrogens (tertiary/aromatic N) is 1. The van der Waals surface area contributed by atoms with Crippen LogP contribution in [0, 0.1) is 34.6 Å². The van der Waals surface area contributed by atoms with Crippen molar-refractivity contribution in [2.75, 3.05) is 6.54 Å². The Morgan fingerprint density at radius 2 is 1.57 bits per heavy atom. The molecular weight excluding hydrogens is 264 g/mol. The van der Waals surface area contributed by atoms with Crippen molar-refractivity contribution in [3.63, 3.8) is 0 Å². The first kappa shape index (κ1) is 24.7. The van der Waals surface area contributed by atoms with Gasteiger partial charge in [-0.15, -0.1) is 6.54 Å². The number of hydrogen-bond acceptors (Lipinski definition) is 2. The molecule has 0 radical (unpaired) electrons. The maximum absolute atomic E-state index is 10.3. The molecule has 0 aliphatic carbocycles. The van der Waals surface area contributed by atoms with Crippen LogP contribution in [0.2, 0.25) is 0 Å². The molecule has 2 N–H and O–H groups in total. The first-order valence-corrected chi connectivity index (χ1v) is 7.40. The summed E-state index contributed by atoms with van der Waals surface area (Å²) in [5.41, 5.74) is 4.87. The van der Waals surface area contributed by atoms with Gasteiger partial charge in [0.05, 0.1) is 40.0 Å². The third kappa shape index (κ3) is 32.3. The molecule has 1 amide bonds. The van der Waals surface area contributed by atoms with Gasteiger partial charge in [0, 0.05) is 6.42 Å². The van der Waals surface area contributed by atoms with Gasteiger partial charge >= 0.3 is 0 Å². The van der Waals surface area contributed by atoms with Crippen molar-refractivity contribution >= 4 is 12.2 Å². The molecule has 0 saturated carbocycles. The lowest BCUT2D eigenvalue weighted by Crippen LogP contribution is -2.21. The highest BCUT2D eigenvalue weighted by Gasteiger charge is 1.99. The number of unbranched alkanes of at least 4 members (excludes halogenated alkanes) is 4. The molecule has 0 aromatic heterocycles. The molecule has 0 unspecified atom stereocenters. The second-order valence-electron chi connectivity index (χ2n) is 4.25. The van der Waals surface area contributed by atoms with Crippen LogP contribution in [-0.2, 0) is 9.59 Å². The van der Waals surface area contributed by atoms with Gasteiger partial charge in [-0.3, -0.25) is 4.79 Å². The Labute approximate surface area is 132 Å². The van der Waals surface area contributed by atoms with Crippen LogP contribution in [0.15, 0.2) is 0 Å². The lowest BCUT2D eigenvalue weighted by atomic mass is 10.2. The third-order valence-electron chi connectivity index (χ3n) is 2.09. The van der Waals surface area contributed by atoms with E-state index in [1.807, 2.05) is 0 Å². The molecule has 0 aliphatic heterocycles. The SMILES string of the molecule is [CH2+]CCC[CH2-].[CH2+]CCC[CH2-].[CH2+]CC[N-][C@@H](C=O)CC(N)=O. The molecule has 0 aromatic rings. The molecule has 0 aliphatic rings. The normalized spacial score (nSPS) is 10.4. The van der Waals surface area contributed by atoms with Crippen molar-refractivity contribution in [3.05, 3.63) is 39.9 Å². The Kier molecular flexibility index (Phi) is 28.0. The summed E-state index contributed by atoms with van der Waals surface area (Å²) >= 11 is 0. The van der Waals surface area contributed by atoms with Crippen molar-refractivity contribution in [3.8, 4) is 0 Å². The maximum Gasteiger partial charge on any atom is 0.216 e. The summed E-state index contributed by atoms with van der Waals surface area (Å²) in [4.78, 5) is 20.5. The molecule has 0 fully saturated rings. The quantitative estimate of drug-likeness (QED) is 0.493. The largest absolute Gasteiger partial charge is 0.650 e. The fraction of sp³-hybridized carbons (Fsp3) is 0.588. The van der Waals surface area contributed by atoms with E-state index in [0.29, 0.717) is 19.3 Å². The van der Waals surface area contributed by atoms with Crippen LogP contribution >= 0.6 is 0 Å². The minimum atomic E-state index is -0.575. The number of aldehydes is 1. The Balaban J connectivity index is -0.000000270. The van der Waals surface area contributed by atoms with Gasteiger partial charge < -0.3 is 29.7 Å². The minimum absolute atomic E-state index is 0.00347. The van der Waals surface area contributed by atoms with Crippen LogP contribution in [0.25, 0.3) is 5.32 Å². The molecule has 0 spiro atoms. The highest BCUT2D eigenvalue weighted by Crippen LogP contribution is 2.02. The van der Waals surface area contributed by atoms with Crippen LogP contribution in [-0.4, -0.2) is 24.8 Å². The highest BCUT2D eigenvalue weighted by molar-refractivity contribution is 5.79. The van der Waals surface area contributed by atoms with E-state index in [1.54, 1.807) is 0 Å². The van der Waals surface area contributed by atoms with E-state index < -0.39 is 11.9 Å². The fourth-order valence-corrected chi connectivity index (χ4v) is 0.972. The van der Waals surface area contributed by atoms with Gasteiger partial charge in [0.15, 0.2) is 0 Å². The average Bonchev–Trinajstić information content (AvgIpc) is 2.46. The molecule has 122 valence electrons. The topological polar surface area (TPSA) is 74.3 Å². The number of carbonyl (C=O) groups is 2. The standard InChI is InChI=1S/C7H12N2O2.2C5H10/c1-2-3-9-6(5-10)4-7(8)11;2*1-3-5-4-2/h5-6H,1-4H2,(H2,8,11);2*1-5H2/t6-;;/m1../s1. The van der Waals surface area contributed by atoms with E-state index in [9.17, 15) is 9.59 Å². The molecule has 4 nitrogen and oxygen atoms in total. The molecule has 0 bridgehead atoms. The maximum atomic E-state index is 10.3. The van der Waals surface area contributed by atoms with Crippen molar-refractivity contribution in [1.82, 2.24) is 0 Å². The number of carbonyl (C=O) groups excluding carboxylic acids is 2. The van der Waals surface area contributed by atoms with Gasteiger partial charge in [-0.2, -0.15) is 12.8 Å². The van der Waals surface area contributed by atoms with Gasteiger partial charge in [-0.05, 0) is 12.8 Å². The first-order chi connectivity index (χ1) is 10.0. The van der Waals surface area contributed by atoms with Crippen LogP contribution < -0.4 is 5.73 Å². The summed E-state index contributed by atoms with van der Waals surface area (Å²) in [5, 5.41) is 3.87. The van der Waals surface area contributed by atoms with Gasteiger partial charge in [-0.25, -0.2) is 0 Å². The third-order valence-corrected chi connectivity index (χ3v) is 2.09. The zero-order valence-corrected chi connectivity index (χ0v) is 13.4. The molecule has 0 aromatic carbocycles. The smallest absolute Gasteiger partial charge is 0.216 e. The van der Waals surface area contributed by atoms with Crippen molar-refractivity contribution in [2.24, 2.45) is 5.73 Å². The van der Waals surface area contributed by atoms with Crippen LogP contribution in [0.1, 0.15) is 51.4 Å². The zero-order chi connectivity index (χ0) is 16.9. The fourth-order valence-electron chi connectivity index (χ4n) is 0.972. The second kappa shape index (κ2) is 23.8. The number of hydrogen-bond donors (Lipinski definition) is 1. The Morgan fingerprint density at radius 1 is 1.10 bits per heavy atom. The van der Waals surface area contributed by atoms with E-state index in [1.165, 1.54) is 12.8 Å². The first-order valence-electron chi connectivity index (χ1n) is 7.40. The second-order valence-corrected chi connectivity index (χ2v) is 4.25. The number of rotatable bonds is 10. The summed E-state index contributed by atoms with van der Waals surface area (Å²) in [6.45, 7) is 18.6. The van der Waals surface area contributed by atoms with Crippen LogP contribution in [0.3, 0.4) is 0 Å². The molecule has 0 saturated heterocycles. The molecule has 21 heavy (non-hydrogen) atoms. The minimum Gasteiger partial charge on any atom is -0.650 e. The monoisotopic (exact) mass is 296 g/mol. The number of amides is 1. The zero-order valence-electron chi connectivity index (χ0n) is 13.4. The lowest BCUT2D eigenvalue weighted by molar-refractivity contribution is -0.120. The van der Waals surface area contributed by atoms with Crippen molar-refractivity contribution < 1.29 is 9.59 Å². The summed E-state index contributed by atoms with van der Waals surface area (Å²) in [7, 11) is 0. The average molecular weight is 296 g/mol. The summed E-state index contributed by atoms with van der Waals surface area (Å²) < 4.78 is 0. The number of nitrogens with two attached hydrogens (primary N) is 1. The predicted molar refractivity (Wildman–Crippen MR) is 91.0 cm³/mol. The van der Waals surface area contributed by atoms with E-state index in [4.69, 9.17) is 5.73 Å². The van der Waals surface area contributed by atoms with Gasteiger partial charge in [-0.1, -0.05) is 6.04 Å². The van der Waals surface area contributed by atoms with Crippen molar-refractivity contribution in [1.29, 1.82) is 0 Å². The van der Waals surface area contributed by atoms with E-state index in [2.05, 4.69) is 39.9 Å². The van der Waals surface area contributed by atoms with E-state index >= 15 is 0 Å². The highest BCUT2D eigenvalue weighted by atomic mass is 16.1. The molecule has 1 atom stereocenters.